The van der Waals surface area contributed by atoms with Crippen LogP contribution in [0, 0.1) is 23.2 Å². The number of piperidine rings is 1. The summed E-state index contributed by atoms with van der Waals surface area (Å²) in [5.41, 5.74) is 1.64. The van der Waals surface area contributed by atoms with Crippen LogP contribution in [-0.4, -0.2) is 29.5 Å². The SMILES string of the molecule is CSC1NC(=O)C(C(=O)Nc2cccc(COC3CCCCC3)c2)CC1C#N. The summed E-state index contributed by atoms with van der Waals surface area (Å²) in [5, 5.41) is 14.6. The second-order valence-corrected chi connectivity index (χ2v) is 8.43. The van der Waals surface area contributed by atoms with Gasteiger partial charge in [-0.1, -0.05) is 31.4 Å². The van der Waals surface area contributed by atoms with Crippen LogP contribution < -0.4 is 10.6 Å². The van der Waals surface area contributed by atoms with Crippen molar-refractivity contribution in [3.63, 3.8) is 0 Å². The molecule has 3 atom stereocenters. The molecule has 28 heavy (non-hydrogen) atoms. The molecule has 7 heteroatoms. The number of carbonyl (C=O) groups excluding carboxylic acids is 2. The minimum Gasteiger partial charge on any atom is -0.374 e. The van der Waals surface area contributed by atoms with Gasteiger partial charge in [-0.2, -0.15) is 5.26 Å². The molecule has 3 unspecified atom stereocenters. The highest BCUT2D eigenvalue weighted by Gasteiger charge is 2.39. The molecule has 0 radical (unpaired) electrons. The summed E-state index contributed by atoms with van der Waals surface area (Å²) >= 11 is 1.42. The third-order valence-corrected chi connectivity index (χ3v) is 6.38. The first-order chi connectivity index (χ1) is 13.6. The number of nitrogens with zero attached hydrogens (tertiary/aromatic N) is 1. The zero-order chi connectivity index (χ0) is 19.9. The van der Waals surface area contributed by atoms with Gasteiger partial charge in [-0.15, -0.1) is 11.8 Å². The number of thioether (sulfide) groups is 1. The van der Waals surface area contributed by atoms with Gasteiger partial charge in [-0.25, -0.2) is 0 Å². The molecule has 1 aliphatic carbocycles. The minimum atomic E-state index is -0.852. The Balaban J connectivity index is 1.57. The second kappa shape index (κ2) is 9.94. The summed E-state index contributed by atoms with van der Waals surface area (Å²) in [5.74, 6) is -1.92. The Morgan fingerprint density at radius 3 is 2.86 bits per heavy atom. The number of rotatable bonds is 6. The molecule has 150 valence electrons. The number of carbonyl (C=O) groups is 2. The average molecular weight is 402 g/mol. The van der Waals surface area contributed by atoms with Crippen LogP contribution in [0.15, 0.2) is 24.3 Å². The van der Waals surface area contributed by atoms with Gasteiger partial charge >= 0.3 is 0 Å². The van der Waals surface area contributed by atoms with Crippen LogP contribution in [0.4, 0.5) is 5.69 Å². The standard InChI is InChI=1S/C21H27N3O3S/c1-28-21-15(12-22)11-18(20(26)24-21)19(25)23-16-7-5-6-14(10-16)13-27-17-8-3-2-4-9-17/h5-7,10,15,17-18,21H,2-4,8-9,11,13H2,1H3,(H,23,25)(H,24,26). The fourth-order valence-corrected chi connectivity index (χ4v) is 4.54. The summed E-state index contributed by atoms with van der Waals surface area (Å²) in [7, 11) is 0. The maximum absolute atomic E-state index is 12.6. The van der Waals surface area contributed by atoms with E-state index in [1.165, 1.54) is 31.0 Å². The van der Waals surface area contributed by atoms with E-state index in [4.69, 9.17) is 4.74 Å². The number of ether oxygens (including phenoxy) is 1. The van der Waals surface area contributed by atoms with Crippen LogP contribution in [0.1, 0.15) is 44.1 Å². The van der Waals surface area contributed by atoms with Gasteiger partial charge in [0.1, 0.15) is 5.92 Å². The van der Waals surface area contributed by atoms with Gasteiger partial charge in [0.2, 0.25) is 11.8 Å². The van der Waals surface area contributed by atoms with Gasteiger partial charge < -0.3 is 15.4 Å². The molecule has 2 N–H and O–H groups in total. The highest BCUT2D eigenvalue weighted by molar-refractivity contribution is 7.99. The Morgan fingerprint density at radius 2 is 2.14 bits per heavy atom. The number of anilines is 1. The molecule has 3 rings (SSSR count). The topological polar surface area (TPSA) is 91.2 Å². The molecule has 1 aromatic rings. The van der Waals surface area contributed by atoms with E-state index in [9.17, 15) is 14.9 Å². The van der Waals surface area contributed by atoms with Gasteiger partial charge in [-0.05, 0) is 43.2 Å². The first kappa shape index (κ1) is 20.7. The molecule has 6 nitrogen and oxygen atoms in total. The van der Waals surface area contributed by atoms with Gasteiger partial charge in [0.15, 0.2) is 0 Å². The van der Waals surface area contributed by atoms with E-state index >= 15 is 0 Å². The molecule has 1 aliphatic heterocycles. The molecule has 0 aromatic heterocycles. The Bertz CT molecular complexity index is 743. The van der Waals surface area contributed by atoms with E-state index in [0.29, 0.717) is 18.4 Å². The van der Waals surface area contributed by atoms with Gasteiger partial charge in [0.25, 0.3) is 0 Å². The molecular formula is C21H27N3O3S. The number of nitriles is 1. The number of amides is 2. The number of benzene rings is 1. The van der Waals surface area contributed by atoms with Crippen LogP contribution in [-0.2, 0) is 20.9 Å². The normalized spacial score (nSPS) is 25.6. The van der Waals surface area contributed by atoms with Crippen molar-refractivity contribution in [1.82, 2.24) is 5.32 Å². The Hall–Kier alpha value is -2.04. The summed E-state index contributed by atoms with van der Waals surface area (Å²) < 4.78 is 6.00. The van der Waals surface area contributed by atoms with E-state index in [1.807, 2.05) is 24.5 Å². The molecule has 0 bridgehead atoms. The van der Waals surface area contributed by atoms with Crippen LogP contribution in [0.25, 0.3) is 0 Å². The highest BCUT2D eigenvalue weighted by atomic mass is 32.2. The van der Waals surface area contributed by atoms with E-state index in [0.717, 1.165) is 18.4 Å². The molecule has 1 saturated carbocycles. The van der Waals surface area contributed by atoms with Crippen LogP contribution >= 0.6 is 11.8 Å². The third kappa shape index (κ3) is 5.27. The van der Waals surface area contributed by atoms with E-state index in [-0.39, 0.29) is 29.5 Å². The molecular weight excluding hydrogens is 374 g/mol. The fraction of sp³-hybridized carbons (Fsp3) is 0.571. The number of hydrogen-bond acceptors (Lipinski definition) is 5. The predicted octanol–water partition coefficient (Wildman–Crippen LogP) is 3.44. The van der Waals surface area contributed by atoms with E-state index in [2.05, 4.69) is 16.7 Å². The molecule has 2 amide bonds. The minimum absolute atomic E-state index is 0.240. The third-order valence-electron chi connectivity index (χ3n) is 5.42. The largest absolute Gasteiger partial charge is 0.374 e. The van der Waals surface area contributed by atoms with Gasteiger partial charge in [0, 0.05) is 5.69 Å². The van der Waals surface area contributed by atoms with Crippen LogP contribution in [0.5, 0.6) is 0 Å². The lowest BCUT2D eigenvalue weighted by atomic mass is 9.89. The molecule has 1 saturated heterocycles. The Labute approximate surface area is 170 Å². The quantitative estimate of drug-likeness (QED) is 0.713. The smallest absolute Gasteiger partial charge is 0.236 e. The van der Waals surface area contributed by atoms with Gasteiger partial charge in [0.05, 0.1) is 30.1 Å². The second-order valence-electron chi connectivity index (χ2n) is 7.45. The lowest BCUT2D eigenvalue weighted by molar-refractivity contribution is -0.135. The summed E-state index contributed by atoms with van der Waals surface area (Å²) in [6.45, 7) is 0.518. The molecule has 2 aliphatic rings. The van der Waals surface area contributed by atoms with Gasteiger partial charge in [-0.3, -0.25) is 9.59 Å². The molecule has 2 fully saturated rings. The maximum Gasteiger partial charge on any atom is 0.236 e. The van der Waals surface area contributed by atoms with Crippen molar-refractivity contribution in [2.45, 2.75) is 56.6 Å². The zero-order valence-corrected chi connectivity index (χ0v) is 17.0. The predicted molar refractivity (Wildman–Crippen MR) is 109 cm³/mol. The van der Waals surface area contributed by atoms with Crippen molar-refractivity contribution < 1.29 is 14.3 Å². The summed E-state index contributed by atoms with van der Waals surface area (Å²) in [6, 6.07) is 9.73. The molecule has 0 spiro atoms. The summed E-state index contributed by atoms with van der Waals surface area (Å²) in [4.78, 5) is 24.9. The average Bonchev–Trinajstić information content (AvgIpc) is 2.73. The lowest BCUT2D eigenvalue weighted by Gasteiger charge is -2.31. The summed E-state index contributed by atoms with van der Waals surface area (Å²) in [6.07, 6.45) is 8.39. The maximum atomic E-state index is 12.6. The van der Waals surface area contributed by atoms with Crippen molar-refractivity contribution in [3.05, 3.63) is 29.8 Å². The van der Waals surface area contributed by atoms with Crippen molar-refractivity contribution >= 4 is 29.3 Å². The van der Waals surface area contributed by atoms with E-state index in [1.54, 1.807) is 6.07 Å². The lowest BCUT2D eigenvalue weighted by Crippen LogP contribution is -2.50. The number of nitrogens with one attached hydrogen (secondary N) is 2. The number of hydrogen-bond donors (Lipinski definition) is 2. The van der Waals surface area contributed by atoms with Crippen molar-refractivity contribution in [3.8, 4) is 6.07 Å². The zero-order valence-electron chi connectivity index (χ0n) is 16.1. The molecule has 1 heterocycles. The van der Waals surface area contributed by atoms with Crippen LogP contribution in [0.2, 0.25) is 0 Å². The Morgan fingerprint density at radius 1 is 1.36 bits per heavy atom. The highest BCUT2D eigenvalue weighted by Crippen LogP contribution is 2.28. The molecule has 1 aromatic carbocycles. The van der Waals surface area contributed by atoms with Crippen LogP contribution in [0.3, 0.4) is 0 Å². The van der Waals surface area contributed by atoms with Crippen molar-refractivity contribution in [2.75, 3.05) is 11.6 Å². The van der Waals surface area contributed by atoms with Crippen molar-refractivity contribution in [1.29, 1.82) is 5.26 Å². The Kier molecular flexibility index (Phi) is 7.35. The fourth-order valence-electron chi connectivity index (χ4n) is 3.81. The first-order valence-electron chi connectivity index (χ1n) is 9.85. The van der Waals surface area contributed by atoms with E-state index < -0.39 is 5.92 Å². The van der Waals surface area contributed by atoms with Crippen molar-refractivity contribution in [2.24, 2.45) is 11.8 Å². The first-order valence-corrected chi connectivity index (χ1v) is 11.1. The monoisotopic (exact) mass is 401 g/mol.